The highest BCUT2D eigenvalue weighted by atomic mass is 14.9. The zero-order chi connectivity index (χ0) is 10.4. The standard InChI is InChI=1S/C12H26N2/c1-10(5-6-13)4-3-7-14-12-8-11(2)9-12/h10-12,14H,3-9,13H2,1-2H3. The van der Waals surface area contributed by atoms with Crippen LogP contribution in [-0.2, 0) is 0 Å². The summed E-state index contributed by atoms with van der Waals surface area (Å²) in [7, 11) is 0. The maximum Gasteiger partial charge on any atom is 0.00721 e. The quantitative estimate of drug-likeness (QED) is 0.615. The van der Waals surface area contributed by atoms with Crippen molar-refractivity contribution >= 4 is 0 Å². The van der Waals surface area contributed by atoms with Crippen molar-refractivity contribution in [1.29, 1.82) is 0 Å². The van der Waals surface area contributed by atoms with E-state index in [1.165, 1.54) is 38.6 Å². The van der Waals surface area contributed by atoms with Crippen LogP contribution in [0.2, 0.25) is 0 Å². The predicted octanol–water partition coefficient (Wildman–Crippen LogP) is 2.14. The first-order valence-corrected chi connectivity index (χ1v) is 6.15. The van der Waals surface area contributed by atoms with Gasteiger partial charge in [-0.15, -0.1) is 0 Å². The normalized spacial score (nSPS) is 28.5. The average molecular weight is 198 g/mol. The van der Waals surface area contributed by atoms with Crippen LogP contribution in [0, 0.1) is 11.8 Å². The largest absolute Gasteiger partial charge is 0.330 e. The monoisotopic (exact) mass is 198 g/mol. The molecule has 0 radical (unpaired) electrons. The molecular weight excluding hydrogens is 172 g/mol. The number of hydrogen-bond acceptors (Lipinski definition) is 2. The summed E-state index contributed by atoms with van der Waals surface area (Å²) in [4.78, 5) is 0. The highest BCUT2D eigenvalue weighted by Crippen LogP contribution is 2.26. The van der Waals surface area contributed by atoms with E-state index in [1.54, 1.807) is 0 Å². The topological polar surface area (TPSA) is 38.0 Å². The van der Waals surface area contributed by atoms with Crippen molar-refractivity contribution in [2.24, 2.45) is 17.6 Å². The SMILES string of the molecule is CC(CCN)CCCNC1CC(C)C1. The van der Waals surface area contributed by atoms with Crippen LogP contribution in [0.1, 0.15) is 46.0 Å². The molecule has 1 atom stereocenters. The second-order valence-corrected chi connectivity index (χ2v) is 5.05. The molecule has 0 aromatic carbocycles. The van der Waals surface area contributed by atoms with E-state index in [0.717, 1.165) is 24.4 Å². The molecule has 2 heteroatoms. The van der Waals surface area contributed by atoms with E-state index >= 15 is 0 Å². The van der Waals surface area contributed by atoms with Crippen molar-refractivity contribution in [3.05, 3.63) is 0 Å². The summed E-state index contributed by atoms with van der Waals surface area (Å²) in [6.07, 6.45) is 6.59. The molecule has 0 aromatic heterocycles. The Bertz CT molecular complexity index is 135. The van der Waals surface area contributed by atoms with Crippen molar-refractivity contribution in [3.63, 3.8) is 0 Å². The third-order valence-electron chi connectivity index (χ3n) is 3.34. The molecule has 1 saturated carbocycles. The maximum absolute atomic E-state index is 5.51. The fourth-order valence-corrected chi connectivity index (χ4v) is 2.25. The van der Waals surface area contributed by atoms with E-state index in [9.17, 15) is 0 Å². The molecule has 0 saturated heterocycles. The molecule has 1 unspecified atom stereocenters. The molecule has 1 rings (SSSR count). The first kappa shape index (κ1) is 12.0. The van der Waals surface area contributed by atoms with Gasteiger partial charge in [-0.25, -0.2) is 0 Å². The number of nitrogens with two attached hydrogens (primary N) is 1. The third kappa shape index (κ3) is 4.43. The fraction of sp³-hybridized carbons (Fsp3) is 1.00. The summed E-state index contributed by atoms with van der Waals surface area (Å²) in [6.45, 7) is 6.68. The van der Waals surface area contributed by atoms with E-state index in [0.29, 0.717) is 0 Å². The number of rotatable bonds is 7. The molecule has 3 N–H and O–H groups in total. The highest BCUT2D eigenvalue weighted by molar-refractivity contribution is 4.81. The van der Waals surface area contributed by atoms with Crippen LogP contribution >= 0.6 is 0 Å². The molecular formula is C12H26N2. The van der Waals surface area contributed by atoms with Gasteiger partial charge in [-0.05, 0) is 57.0 Å². The summed E-state index contributed by atoms with van der Waals surface area (Å²) in [5, 5.41) is 3.62. The van der Waals surface area contributed by atoms with E-state index in [-0.39, 0.29) is 0 Å². The molecule has 1 aliphatic carbocycles. The Labute approximate surface area is 88.6 Å². The van der Waals surface area contributed by atoms with Gasteiger partial charge in [0.15, 0.2) is 0 Å². The van der Waals surface area contributed by atoms with Gasteiger partial charge < -0.3 is 11.1 Å². The minimum atomic E-state index is 0.808. The van der Waals surface area contributed by atoms with E-state index in [1.807, 2.05) is 0 Å². The maximum atomic E-state index is 5.51. The molecule has 14 heavy (non-hydrogen) atoms. The van der Waals surface area contributed by atoms with Crippen LogP contribution in [-0.4, -0.2) is 19.1 Å². The Morgan fingerprint density at radius 3 is 2.64 bits per heavy atom. The Morgan fingerprint density at radius 1 is 1.36 bits per heavy atom. The molecule has 0 amide bonds. The van der Waals surface area contributed by atoms with E-state index in [2.05, 4.69) is 19.2 Å². The minimum absolute atomic E-state index is 0.808. The van der Waals surface area contributed by atoms with Gasteiger partial charge in [-0.1, -0.05) is 13.8 Å². The first-order valence-electron chi connectivity index (χ1n) is 6.15. The lowest BCUT2D eigenvalue weighted by molar-refractivity contribution is 0.240. The number of hydrogen-bond donors (Lipinski definition) is 2. The van der Waals surface area contributed by atoms with Crippen molar-refractivity contribution in [2.75, 3.05) is 13.1 Å². The molecule has 0 bridgehead atoms. The molecule has 1 fully saturated rings. The molecule has 84 valence electrons. The zero-order valence-corrected chi connectivity index (χ0v) is 9.76. The summed E-state index contributed by atoms with van der Waals surface area (Å²) in [6, 6.07) is 0.829. The van der Waals surface area contributed by atoms with Gasteiger partial charge in [0, 0.05) is 6.04 Å². The predicted molar refractivity (Wildman–Crippen MR) is 62.3 cm³/mol. The van der Waals surface area contributed by atoms with Crippen LogP contribution in [0.3, 0.4) is 0 Å². The van der Waals surface area contributed by atoms with Gasteiger partial charge in [0.05, 0.1) is 0 Å². The van der Waals surface area contributed by atoms with Gasteiger partial charge in [0.25, 0.3) is 0 Å². The summed E-state index contributed by atoms with van der Waals surface area (Å²) in [5.41, 5.74) is 5.51. The lowest BCUT2D eigenvalue weighted by atomic mass is 9.82. The molecule has 0 aromatic rings. The summed E-state index contributed by atoms with van der Waals surface area (Å²) in [5.74, 6) is 1.77. The van der Waals surface area contributed by atoms with Crippen LogP contribution < -0.4 is 11.1 Å². The molecule has 0 spiro atoms. The average Bonchev–Trinajstić information content (AvgIpc) is 2.09. The lowest BCUT2D eigenvalue weighted by Gasteiger charge is -2.33. The third-order valence-corrected chi connectivity index (χ3v) is 3.34. The Balaban J connectivity index is 1.84. The molecule has 2 nitrogen and oxygen atoms in total. The highest BCUT2D eigenvalue weighted by Gasteiger charge is 2.23. The van der Waals surface area contributed by atoms with Crippen molar-refractivity contribution in [1.82, 2.24) is 5.32 Å². The smallest absolute Gasteiger partial charge is 0.00721 e. The van der Waals surface area contributed by atoms with Gasteiger partial charge in [-0.3, -0.25) is 0 Å². The molecule has 0 aliphatic heterocycles. The Hall–Kier alpha value is -0.0800. The fourth-order valence-electron chi connectivity index (χ4n) is 2.25. The minimum Gasteiger partial charge on any atom is -0.330 e. The Kier molecular flexibility index (Phi) is 5.49. The Morgan fingerprint density at radius 2 is 2.07 bits per heavy atom. The zero-order valence-electron chi connectivity index (χ0n) is 9.76. The number of nitrogens with one attached hydrogen (secondary N) is 1. The van der Waals surface area contributed by atoms with Crippen LogP contribution in [0.5, 0.6) is 0 Å². The lowest BCUT2D eigenvalue weighted by Crippen LogP contribution is -2.40. The summed E-state index contributed by atoms with van der Waals surface area (Å²) >= 11 is 0. The molecule has 0 heterocycles. The van der Waals surface area contributed by atoms with Crippen LogP contribution in [0.25, 0.3) is 0 Å². The first-order chi connectivity index (χ1) is 6.72. The summed E-state index contributed by atoms with van der Waals surface area (Å²) < 4.78 is 0. The van der Waals surface area contributed by atoms with E-state index < -0.39 is 0 Å². The van der Waals surface area contributed by atoms with Crippen molar-refractivity contribution in [2.45, 2.75) is 52.0 Å². The van der Waals surface area contributed by atoms with Gasteiger partial charge >= 0.3 is 0 Å². The van der Waals surface area contributed by atoms with Gasteiger partial charge in [-0.2, -0.15) is 0 Å². The second-order valence-electron chi connectivity index (χ2n) is 5.05. The van der Waals surface area contributed by atoms with Crippen molar-refractivity contribution < 1.29 is 0 Å². The van der Waals surface area contributed by atoms with Gasteiger partial charge in [0.2, 0.25) is 0 Å². The van der Waals surface area contributed by atoms with Crippen LogP contribution in [0.15, 0.2) is 0 Å². The molecule has 1 aliphatic rings. The second kappa shape index (κ2) is 6.41. The van der Waals surface area contributed by atoms with Gasteiger partial charge in [0.1, 0.15) is 0 Å². The van der Waals surface area contributed by atoms with Crippen molar-refractivity contribution in [3.8, 4) is 0 Å². The van der Waals surface area contributed by atoms with E-state index in [4.69, 9.17) is 5.73 Å². The van der Waals surface area contributed by atoms with Crippen LogP contribution in [0.4, 0.5) is 0 Å².